The number of esters is 1. The molecule has 0 saturated carbocycles. The zero-order chi connectivity index (χ0) is 28.5. The summed E-state index contributed by atoms with van der Waals surface area (Å²) in [7, 11) is 0. The molecule has 38 heavy (non-hydrogen) atoms. The number of likely N-dealkylation sites (tertiary alicyclic amines) is 1. The van der Waals surface area contributed by atoms with Gasteiger partial charge in [0, 0.05) is 23.5 Å². The standard InChI is InChI=1S/C29H45BrN2O6/c1-8-10-11-12-16-37-26(36)20-21-24(34)31(14-15-33)23(29(21)17-19(30)22(20)38-29)25(35)32(13-9-2)28(6,7)18-27(3,4)5/h8-9,19-23,33H,1-2,10-18H2,3-7H3/t19?,20-,21-,22-,23?,29?/m0/s1. The lowest BCUT2D eigenvalue weighted by atomic mass is 9.70. The van der Waals surface area contributed by atoms with Gasteiger partial charge in [-0.25, -0.2) is 0 Å². The van der Waals surface area contributed by atoms with Gasteiger partial charge in [0.15, 0.2) is 0 Å². The highest BCUT2D eigenvalue weighted by Crippen LogP contribution is 2.60. The number of allylic oxidation sites excluding steroid dienone is 1. The van der Waals surface area contributed by atoms with Gasteiger partial charge in [-0.1, -0.05) is 48.9 Å². The number of aliphatic hydroxyl groups is 1. The first-order valence-electron chi connectivity index (χ1n) is 13.7. The Hall–Kier alpha value is -1.71. The minimum absolute atomic E-state index is 0.0145. The Labute approximate surface area is 235 Å². The molecule has 3 fully saturated rings. The fourth-order valence-corrected chi connectivity index (χ4v) is 7.93. The van der Waals surface area contributed by atoms with Crippen molar-refractivity contribution < 1.29 is 29.0 Å². The smallest absolute Gasteiger partial charge is 0.312 e. The number of alkyl halides is 1. The molecule has 3 heterocycles. The van der Waals surface area contributed by atoms with E-state index in [1.54, 1.807) is 11.0 Å². The molecule has 9 heteroatoms. The molecule has 0 aromatic rings. The first-order valence-corrected chi connectivity index (χ1v) is 14.6. The van der Waals surface area contributed by atoms with Gasteiger partial charge in [-0.15, -0.1) is 13.2 Å². The summed E-state index contributed by atoms with van der Waals surface area (Å²) in [6, 6.07) is -0.957. The second kappa shape index (κ2) is 11.8. The van der Waals surface area contributed by atoms with Gasteiger partial charge in [0.05, 0.1) is 31.2 Å². The number of carbonyl (C=O) groups is 3. The number of halogens is 1. The van der Waals surface area contributed by atoms with Crippen LogP contribution in [0.5, 0.6) is 0 Å². The second-order valence-electron chi connectivity index (χ2n) is 12.7. The summed E-state index contributed by atoms with van der Waals surface area (Å²) in [6.07, 6.45) is 6.50. The van der Waals surface area contributed by atoms with Gasteiger partial charge in [-0.05, 0) is 51.4 Å². The minimum atomic E-state index is -1.17. The van der Waals surface area contributed by atoms with Crippen LogP contribution in [0.15, 0.2) is 25.3 Å². The number of fused-ring (bicyclic) bond motifs is 1. The number of hydrogen-bond acceptors (Lipinski definition) is 6. The normalized spacial score (nSPS) is 30.3. The molecule has 3 rings (SSSR count). The third-order valence-corrected chi connectivity index (χ3v) is 8.80. The molecule has 0 aromatic heterocycles. The summed E-state index contributed by atoms with van der Waals surface area (Å²) in [5.74, 6) is -2.69. The van der Waals surface area contributed by atoms with Crippen molar-refractivity contribution in [2.75, 3.05) is 26.3 Å². The third kappa shape index (κ3) is 5.75. The molecule has 3 aliphatic heterocycles. The van der Waals surface area contributed by atoms with Crippen molar-refractivity contribution in [3.05, 3.63) is 25.3 Å². The monoisotopic (exact) mass is 596 g/mol. The summed E-state index contributed by atoms with van der Waals surface area (Å²) < 4.78 is 12.1. The molecule has 8 nitrogen and oxygen atoms in total. The number of carbonyl (C=O) groups excluding carboxylic acids is 3. The van der Waals surface area contributed by atoms with Gasteiger partial charge in [0.2, 0.25) is 11.8 Å². The number of ether oxygens (including phenoxy) is 2. The third-order valence-electron chi connectivity index (χ3n) is 7.95. The second-order valence-corrected chi connectivity index (χ2v) is 13.8. The Kier molecular flexibility index (Phi) is 9.58. The van der Waals surface area contributed by atoms with E-state index < -0.39 is 41.1 Å². The predicted molar refractivity (Wildman–Crippen MR) is 150 cm³/mol. The lowest BCUT2D eigenvalue weighted by molar-refractivity contribution is -0.156. The highest BCUT2D eigenvalue weighted by atomic mass is 79.9. The van der Waals surface area contributed by atoms with Crippen LogP contribution in [0.25, 0.3) is 0 Å². The Balaban J connectivity index is 1.97. The number of β-amino-alcohol motifs (C(OH)–C–C–N with tert-alkyl or cyclic N) is 1. The summed E-state index contributed by atoms with van der Waals surface area (Å²) >= 11 is 3.68. The molecule has 1 spiro atoms. The van der Waals surface area contributed by atoms with Crippen LogP contribution < -0.4 is 0 Å². The Morgan fingerprint density at radius 3 is 2.50 bits per heavy atom. The Bertz CT molecular complexity index is 931. The van der Waals surface area contributed by atoms with Crippen molar-refractivity contribution in [2.45, 2.75) is 94.8 Å². The first-order chi connectivity index (χ1) is 17.8. The van der Waals surface area contributed by atoms with Gasteiger partial charge < -0.3 is 24.4 Å². The predicted octanol–water partition coefficient (Wildman–Crippen LogP) is 3.86. The Morgan fingerprint density at radius 2 is 1.92 bits per heavy atom. The van der Waals surface area contributed by atoms with E-state index >= 15 is 0 Å². The summed E-state index contributed by atoms with van der Waals surface area (Å²) in [6.45, 7) is 18.3. The van der Waals surface area contributed by atoms with Gasteiger partial charge in [0.25, 0.3) is 0 Å². The van der Waals surface area contributed by atoms with Gasteiger partial charge >= 0.3 is 5.97 Å². The molecule has 214 valence electrons. The highest BCUT2D eigenvalue weighted by molar-refractivity contribution is 9.09. The number of amides is 2. The first kappa shape index (κ1) is 30.8. The van der Waals surface area contributed by atoms with Crippen molar-refractivity contribution in [3.63, 3.8) is 0 Å². The molecule has 2 bridgehead atoms. The maximum Gasteiger partial charge on any atom is 0.312 e. The quantitative estimate of drug-likeness (QED) is 0.150. The SMILES string of the molecule is C=CCCCCOC(=O)[C@H]1[C@H]2C(=O)N(CCO)C(C(=O)N(CC=C)C(C)(C)CC(C)(C)C)C23CC(Br)[C@@H]1O3. The molecule has 0 aromatic carbocycles. The summed E-state index contributed by atoms with van der Waals surface area (Å²) in [5, 5.41) is 9.86. The molecular weight excluding hydrogens is 552 g/mol. The molecule has 0 radical (unpaired) electrons. The fraction of sp³-hybridized carbons (Fsp3) is 0.759. The van der Waals surface area contributed by atoms with Crippen molar-refractivity contribution >= 4 is 33.7 Å². The number of rotatable bonds is 13. The molecule has 2 amide bonds. The summed E-state index contributed by atoms with van der Waals surface area (Å²) in [5.41, 5.74) is -1.77. The number of unbranched alkanes of at least 4 members (excludes halogenated alkanes) is 2. The molecule has 3 saturated heterocycles. The number of hydrogen-bond donors (Lipinski definition) is 1. The van der Waals surface area contributed by atoms with Gasteiger partial charge in [-0.3, -0.25) is 14.4 Å². The van der Waals surface area contributed by atoms with Crippen molar-refractivity contribution in [1.29, 1.82) is 0 Å². The average Bonchev–Trinajstić information content (AvgIpc) is 3.39. The molecule has 3 unspecified atom stereocenters. The van der Waals surface area contributed by atoms with E-state index in [2.05, 4.69) is 49.9 Å². The number of aliphatic hydroxyl groups excluding tert-OH is 1. The van der Waals surface area contributed by atoms with Crippen LogP contribution >= 0.6 is 15.9 Å². The largest absolute Gasteiger partial charge is 0.465 e. The van der Waals surface area contributed by atoms with Crippen LogP contribution in [-0.4, -0.2) is 87.1 Å². The van der Waals surface area contributed by atoms with E-state index in [1.165, 1.54) is 4.90 Å². The van der Waals surface area contributed by atoms with E-state index in [0.29, 0.717) is 19.4 Å². The summed E-state index contributed by atoms with van der Waals surface area (Å²) in [4.78, 5) is 44.7. The average molecular weight is 598 g/mol. The zero-order valence-electron chi connectivity index (χ0n) is 23.6. The fourth-order valence-electron chi connectivity index (χ4n) is 6.99. The van der Waals surface area contributed by atoms with Gasteiger partial charge in [0.1, 0.15) is 11.6 Å². The van der Waals surface area contributed by atoms with E-state index in [4.69, 9.17) is 9.47 Å². The molecule has 0 aliphatic carbocycles. The zero-order valence-corrected chi connectivity index (χ0v) is 25.2. The van der Waals surface area contributed by atoms with E-state index in [0.717, 1.165) is 19.3 Å². The lowest BCUT2D eigenvalue weighted by Gasteiger charge is -2.45. The maximum absolute atomic E-state index is 14.5. The lowest BCUT2D eigenvalue weighted by Crippen LogP contribution is -2.61. The molecule has 3 aliphatic rings. The van der Waals surface area contributed by atoms with Crippen molar-refractivity contribution in [2.24, 2.45) is 17.3 Å². The van der Waals surface area contributed by atoms with Crippen LogP contribution in [0.1, 0.15) is 66.7 Å². The number of nitrogens with zero attached hydrogens (tertiary/aromatic N) is 2. The maximum atomic E-state index is 14.5. The van der Waals surface area contributed by atoms with Crippen LogP contribution in [0, 0.1) is 17.3 Å². The van der Waals surface area contributed by atoms with Crippen LogP contribution in [-0.2, 0) is 23.9 Å². The van der Waals surface area contributed by atoms with E-state index in [-0.39, 0.29) is 41.8 Å². The van der Waals surface area contributed by atoms with Crippen molar-refractivity contribution in [3.8, 4) is 0 Å². The van der Waals surface area contributed by atoms with Crippen molar-refractivity contribution in [1.82, 2.24) is 9.80 Å². The van der Waals surface area contributed by atoms with Gasteiger partial charge in [-0.2, -0.15) is 0 Å². The molecular formula is C29H45BrN2O6. The molecule has 6 atom stereocenters. The van der Waals surface area contributed by atoms with Crippen LogP contribution in [0.2, 0.25) is 0 Å². The minimum Gasteiger partial charge on any atom is -0.465 e. The topological polar surface area (TPSA) is 96.4 Å². The molecule has 1 N–H and O–H groups in total. The highest BCUT2D eigenvalue weighted by Gasteiger charge is 2.77. The van der Waals surface area contributed by atoms with E-state index in [9.17, 15) is 19.5 Å². The van der Waals surface area contributed by atoms with Crippen LogP contribution in [0.3, 0.4) is 0 Å². The van der Waals surface area contributed by atoms with E-state index in [1.807, 2.05) is 19.9 Å². The Morgan fingerprint density at radius 1 is 1.24 bits per heavy atom. The van der Waals surface area contributed by atoms with Crippen LogP contribution in [0.4, 0.5) is 0 Å².